The molecule has 0 aliphatic heterocycles. The molecule has 0 aliphatic carbocycles. The number of nitrogens with zero attached hydrogens (tertiary/aromatic N) is 3. The number of carbonyl (C=O) groups is 1. The Balaban J connectivity index is 2.20. The molecule has 164 valence electrons. The van der Waals surface area contributed by atoms with Gasteiger partial charge in [-0.15, -0.1) is 0 Å². The minimum Gasteiger partial charge on any atom is -0.333 e. The number of carbonyl (C=O) groups excluding carboxylic acids is 1. The minimum atomic E-state index is -0.334. The van der Waals surface area contributed by atoms with Crippen LogP contribution in [0.15, 0.2) is 57.8 Å². The Morgan fingerprint density at radius 3 is 2.42 bits per heavy atom. The Hall–Kier alpha value is -2.47. The monoisotopic (exact) mass is 483 g/mol. The van der Waals surface area contributed by atoms with Crippen LogP contribution < -0.4 is 5.56 Å². The number of rotatable bonds is 8. The van der Waals surface area contributed by atoms with Crippen LogP contribution in [-0.2, 0) is 4.79 Å². The number of aromatic nitrogens is 2. The van der Waals surface area contributed by atoms with Crippen LogP contribution in [0.25, 0.3) is 16.6 Å². The molecule has 2 aromatic carbocycles. The van der Waals surface area contributed by atoms with E-state index in [0.29, 0.717) is 35.6 Å². The highest BCUT2D eigenvalue weighted by Gasteiger charge is 2.26. The zero-order chi connectivity index (χ0) is 22.5. The Morgan fingerprint density at radius 1 is 1.10 bits per heavy atom. The molecule has 0 fully saturated rings. The summed E-state index contributed by atoms with van der Waals surface area (Å²) in [6.45, 7) is 8.92. The van der Waals surface area contributed by atoms with E-state index < -0.39 is 0 Å². The normalized spacial score (nSPS) is 12.3. The molecule has 1 atom stereocenters. The third-order valence-corrected chi connectivity index (χ3v) is 5.99. The lowest BCUT2D eigenvalue weighted by molar-refractivity contribution is -0.133. The number of fused-ring (bicyclic) bond motifs is 1. The standard InChI is InChI=1S/C25H30BrN3O2/c1-5-8-23(30)28(16-15-17(2)3)18(4)24-27-22-10-7-6-9-21(22)25(31)29(24)20-13-11-19(26)12-14-20/h6-7,9-14,17-18H,5,8,15-16H2,1-4H3. The number of benzene rings is 2. The summed E-state index contributed by atoms with van der Waals surface area (Å²) >= 11 is 3.46. The van der Waals surface area contributed by atoms with Crippen LogP contribution in [0.5, 0.6) is 0 Å². The van der Waals surface area contributed by atoms with Crippen LogP contribution in [0.2, 0.25) is 0 Å². The second-order valence-corrected chi connectivity index (χ2v) is 9.22. The number of halogens is 1. The molecule has 31 heavy (non-hydrogen) atoms. The molecular weight excluding hydrogens is 454 g/mol. The summed E-state index contributed by atoms with van der Waals surface area (Å²) in [4.78, 5) is 33.3. The molecule has 6 heteroatoms. The number of hydrogen-bond donors (Lipinski definition) is 0. The summed E-state index contributed by atoms with van der Waals surface area (Å²) in [5.74, 6) is 1.15. The van der Waals surface area contributed by atoms with Crippen molar-refractivity contribution >= 4 is 32.7 Å². The highest BCUT2D eigenvalue weighted by molar-refractivity contribution is 9.10. The average molecular weight is 484 g/mol. The Labute approximate surface area is 192 Å². The first kappa shape index (κ1) is 23.2. The van der Waals surface area contributed by atoms with Crippen molar-refractivity contribution in [1.29, 1.82) is 0 Å². The topological polar surface area (TPSA) is 55.2 Å². The highest BCUT2D eigenvalue weighted by Crippen LogP contribution is 2.25. The average Bonchev–Trinajstić information content (AvgIpc) is 2.74. The van der Waals surface area contributed by atoms with E-state index in [1.54, 1.807) is 10.6 Å². The van der Waals surface area contributed by atoms with Crippen molar-refractivity contribution in [2.75, 3.05) is 6.54 Å². The zero-order valence-electron chi connectivity index (χ0n) is 18.6. The van der Waals surface area contributed by atoms with Crippen LogP contribution in [0.4, 0.5) is 0 Å². The van der Waals surface area contributed by atoms with Crippen molar-refractivity contribution < 1.29 is 4.79 Å². The largest absolute Gasteiger partial charge is 0.333 e. The van der Waals surface area contributed by atoms with Gasteiger partial charge >= 0.3 is 0 Å². The van der Waals surface area contributed by atoms with Gasteiger partial charge in [0, 0.05) is 17.4 Å². The third kappa shape index (κ3) is 5.24. The summed E-state index contributed by atoms with van der Waals surface area (Å²) in [5, 5.41) is 0.565. The summed E-state index contributed by atoms with van der Waals surface area (Å²) in [6, 6.07) is 14.6. The summed E-state index contributed by atoms with van der Waals surface area (Å²) in [5.41, 5.74) is 1.26. The SMILES string of the molecule is CCCC(=O)N(CCC(C)C)C(C)c1nc2ccccc2c(=O)n1-c1ccc(Br)cc1. The first-order valence-electron chi connectivity index (χ1n) is 10.9. The lowest BCUT2D eigenvalue weighted by Crippen LogP contribution is -2.38. The molecule has 0 bridgehead atoms. The molecule has 1 unspecified atom stereocenters. The molecule has 0 saturated heterocycles. The van der Waals surface area contributed by atoms with E-state index in [1.165, 1.54) is 0 Å². The van der Waals surface area contributed by atoms with Crippen molar-refractivity contribution in [1.82, 2.24) is 14.5 Å². The van der Waals surface area contributed by atoms with Crippen LogP contribution in [-0.4, -0.2) is 26.9 Å². The molecule has 1 amide bonds. The Morgan fingerprint density at radius 2 is 1.77 bits per heavy atom. The molecule has 1 aromatic heterocycles. The fourth-order valence-electron chi connectivity index (χ4n) is 3.70. The highest BCUT2D eigenvalue weighted by atomic mass is 79.9. The van der Waals surface area contributed by atoms with Crippen molar-refractivity contribution in [3.8, 4) is 5.69 Å². The first-order valence-corrected chi connectivity index (χ1v) is 11.7. The Bertz CT molecular complexity index is 1110. The lowest BCUT2D eigenvalue weighted by atomic mass is 10.1. The van der Waals surface area contributed by atoms with Gasteiger partial charge in [0.15, 0.2) is 0 Å². The van der Waals surface area contributed by atoms with E-state index in [9.17, 15) is 9.59 Å². The van der Waals surface area contributed by atoms with Crippen LogP contribution >= 0.6 is 15.9 Å². The van der Waals surface area contributed by atoms with Crippen molar-refractivity contribution in [2.45, 2.75) is 53.0 Å². The van der Waals surface area contributed by atoms with Crippen molar-refractivity contribution in [2.24, 2.45) is 5.92 Å². The maximum atomic E-state index is 13.5. The summed E-state index contributed by atoms with van der Waals surface area (Å²) in [6.07, 6.45) is 2.17. The molecule has 3 rings (SSSR count). The predicted molar refractivity (Wildman–Crippen MR) is 130 cm³/mol. The molecule has 0 aliphatic rings. The number of amides is 1. The van der Waals surface area contributed by atoms with Gasteiger partial charge in [0.25, 0.3) is 5.56 Å². The lowest BCUT2D eigenvalue weighted by Gasteiger charge is -2.31. The van der Waals surface area contributed by atoms with Gasteiger partial charge in [-0.25, -0.2) is 4.98 Å². The summed E-state index contributed by atoms with van der Waals surface area (Å²) in [7, 11) is 0. The molecule has 0 spiro atoms. The maximum absolute atomic E-state index is 13.5. The van der Waals surface area contributed by atoms with Gasteiger partial charge in [0.2, 0.25) is 5.91 Å². The number of hydrogen-bond acceptors (Lipinski definition) is 3. The molecule has 5 nitrogen and oxygen atoms in total. The molecule has 0 radical (unpaired) electrons. The fourth-order valence-corrected chi connectivity index (χ4v) is 3.96. The fraction of sp³-hybridized carbons (Fsp3) is 0.400. The second kappa shape index (κ2) is 10.2. The van der Waals surface area contributed by atoms with Gasteiger partial charge < -0.3 is 4.90 Å². The molecule has 0 saturated carbocycles. The van der Waals surface area contributed by atoms with E-state index in [4.69, 9.17) is 4.98 Å². The zero-order valence-corrected chi connectivity index (χ0v) is 20.2. The third-order valence-electron chi connectivity index (χ3n) is 5.46. The van der Waals surface area contributed by atoms with Crippen LogP contribution in [0.3, 0.4) is 0 Å². The van der Waals surface area contributed by atoms with E-state index >= 15 is 0 Å². The van der Waals surface area contributed by atoms with Crippen molar-refractivity contribution in [3.05, 3.63) is 69.2 Å². The van der Waals surface area contributed by atoms with E-state index in [1.807, 2.05) is 61.2 Å². The second-order valence-electron chi connectivity index (χ2n) is 8.30. The van der Waals surface area contributed by atoms with Crippen LogP contribution in [0.1, 0.15) is 58.8 Å². The molecule has 3 aromatic rings. The van der Waals surface area contributed by atoms with Gasteiger partial charge in [-0.2, -0.15) is 0 Å². The summed E-state index contributed by atoms with van der Waals surface area (Å²) < 4.78 is 2.59. The molecule has 0 N–H and O–H groups in total. The predicted octanol–water partition coefficient (Wildman–Crippen LogP) is 5.88. The van der Waals surface area contributed by atoms with Gasteiger partial charge in [-0.05, 0) is 62.1 Å². The molecular formula is C25H30BrN3O2. The van der Waals surface area contributed by atoms with Gasteiger partial charge in [0.1, 0.15) is 5.82 Å². The van der Waals surface area contributed by atoms with Gasteiger partial charge in [-0.3, -0.25) is 14.2 Å². The van der Waals surface area contributed by atoms with E-state index in [-0.39, 0.29) is 17.5 Å². The number of para-hydroxylation sites is 1. The smallest absolute Gasteiger partial charge is 0.266 e. The van der Waals surface area contributed by atoms with E-state index in [2.05, 4.69) is 29.8 Å². The quantitative estimate of drug-likeness (QED) is 0.401. The van der Waals surface area contributed by atoms with E-state index in [0.717, 1.165) is 23.0 Å². The molecule has 1 heterocycles. The van der Waals surface area contributed by atoms with Gasteiger partial charge in [-0.1, -0.05) is 48.8 Å². The van der Waals surface area contributed by atoms with Crippen molar-refractivity contribution in [3.63, 3.8) is 0 Å². The maximum Gasteiger partial charge on any atom is 0.266 e. The first-order chi connectivity index (χ1) is 14.8. The van der Waals surface area contributed by atoms with Crippen LogP contribution in [0, 0.1) is 5.92 Å². The van der Waals surface area contributed by atoms with Gasteiger partial charge in [0.05, 0.1) is 22.6 Å². The Kier molecular flexibility index (Phi) is 7.65. The minimum absolute atomic E-state index is 0.0976.